The Bertz CT molecular complexity index is 505. The first-order valence-corrected chi connectivity index (χ1v) is 8.22. The molecule has 1 fully saturated rings. The molecule has 0 radical (unpaired) electrons. The second kappa shape index (κ2) is 57.4. The maximum absolute atomic E-state index is 11.7. The Morgan fingerprint density at radius 3 is 1.58 bits per heavy atom. The van der Waals surface area contributed by atoms with Crippen molar-refractivity contribution in [3.8, 4) is 0 Å². The molecule has 0 saturated carbocycles. The van der Waals surface area contributed by atoms with E-state index in [0.717, 1.165) is 19.4 Å². The van der Waals surface area contributed by atoms with E-state index in [1.165, 1.54) is 6.08 Å². The zero-order valence-corrected chi connectivity index (χ0v) is 21.3. The first kappa shape index (κ1) is 57.9. The van der Waals surface area contributed by atoms with Crippen LogP contribution in [0.3, 0.4) is 0 Å². The van der Waals surface area contributed by atoms with Gasteiger partial charge in [-0.2, -0.15) is 11.8 Å². The molecule has 1 aliphatic rings. The molecule has 0 aromatic heterocycles. The molecule has 33 heavy (non-hydrogen) atoms. The van der Waals surface area contributed by atoms with E-state index in [1.807, 2.05) is 20.8 Å². The minimum Gasteiger partial charge on any atom is 0 e. The summed E-state index contributed by atoms with van der Waals surface area (Å²) in [6.07, 6.45) is 6.38. The van der Waals surface area contributed by atoms with Gasteiger partial charge in [0.2, 0.25) is 0 Å². The zero-order chi connectivity index (χ0) is 26.9. The maximum atomic E-state index is 11.7. The fourth-order valence-electron chi connectivity index (χ4n) is 1.64. The van der Waals surface area contributed by atoms with Crippen molar-refractivity contribution in [2.24, 2.45) is 0 Å². The van der Waals surface area contributed by atoms with Gasteiger partial charge in [0.25, 0.3) is 0 Å². The summed E-state index contributed by atoms with van der Waals surface area (Å²) < 4.78 is 50.3. The minimum absolute atomic E-state index is 0. The number of hydrogen-bond acceptors (Lipinski definition) is 4. The molecule has 0 spiro atoms. The summed E-state index contributed by atoms with van der Waals surface area (Å²) in [6.45, 7) is 35.2. The molecule has 0 N–H and O–H groups in total. The summed E-state index contributed by atoms with van der Waals surface area (Å²) in [6, 6.07) is 0.208. The average Bonchev–Trinajstić information content (AvgIpc) is 3.31. The smallest absolute Gasteiger partial charge is 0 e. The molecule has 1 saturated heterocycles. The van der Waals surface area contributed by atoms with Gasteiger partial charge in [-0.15, -0.1) is 6.92 Å². The van der Waals surface area contributed by atoms with E-state index in [-0.39, 0.29) is 46.3 Å². The van der Waals surface area contributed by atoms with Gasteiger partial charge in [0, 0.05) is 46.7 Å². The van der Waals surface area contributed by atoms with Crippen LogP contribution in [0.2, 0.25) is 0 Å². The molecule has 0 unspecified atom stereocenters. The number of ether oxygens (including phenoxy) is 1. The number of hydrogen-bond donors (Lipinski definition) is 0. The van der Waals surface area contributed by atoms with Crippen molar-refractivity contribution in [2.45, 2.75) is 52.2 Å². The van der Waals surface area contributed by atoms with E-state index in [4.69, 9.17) is 45.3 Å². The van der Waals surface area contributed by atoms with E-state index in [0.29, 0.717) is 5.75 Å². The molecule has 0 aromatic rings. The van der Waals surface area contributed by atoms with Crippen LogP contribution in [0.15, 0.2) is 12.2 Å². The fraction of sp³-hybridized carbons (Fsp3) is 0.500. The Balaban J connectivity index is -0.0000000368. The van der Waals surface area contributed by atoms with E-state index in [1.54, 1.807) is 24.2 Å². The summed E-state index contributed by atoms with van der Waals surface area (Å²) in [5.74, 6) is 0.610. The van der Waals surface area contributed by atoms with Gasteiger partial charge in [-0.1, -0.05) is 0 Å². The van der Waals surface area contributed by atoms with Crippen LogP contribution in [0.5, 0.6) is 0 Å². The standard InChI is InChI=1S/C10H19NO2S.C4H5O.6CO.2Fe/c1-10(2,3)13-9(12)11-6-4-5-8(11)7-14;1-2-3-4-5;6*1-2;;/h8,14H,4-7H2,1-3H3;2-3H,1H3;;;;;;;;/q;-1;;;;;;;;/p-1/b;3-2+;;;;;;;;/t8-;;;;;;;;;/m0........./s1. The topological polar surface area (TPSA) is 166 Å². The number of likely N-dealkylation sites (tertiary alicyclic amines) is 1. The molecule has 1 rings (SSSR count). The van der Waals surface area contributed by atoms with Crippen molar-refractivity contribution in [3.05, 3.63) is 52.1 Å². The molecule has 0 aromatic carbocycles. The van der Waals surface area contributed by atoms with Gasteiger partial charge in [-0.05, 0) is 39.9 Å². The van der Waals surface area contributed by atoms with E-state index in [9.17, 15) is 9.59 Å². The van der Waals surface area contributed by atoms with Crippen LogP contribution in [0.1, 0.15) is 40.5 Å². The summed E-state index contributed by atoms with van der Waals surface area (Å²) in [5.41, 5.74) is -0.411. The number of carbonyl (C=O) groups is 1. The quantitative estimate of drug-likeness (QED) is 0.165. The summed E-state index contributed by atoms with van der Waals surface area (Å²) in [5, 5.41) is 0. The van der Waals surface area contributed by atoms with Crippen molar-refractivity contribution in [3.63, 3.8) is 0 Å². The molecule has 13 heteroatoms. The van der Waals surface area contributed by atoms with Crippen LogP contribution in [-0.2, 0) is 84.2 Å². The number of rotatable bonds is 2. The number of carbonyl (C=O) groups excluding carboxylic acids is 2. The molecule has 1 aliphatic heterocycles. The molecule has 0 bridgehead atoms. The first-order chi connectivity index (χ1) is 14.9. The SMILES string of the molecule is C/C=C/[C-]=O.CC(C)(C)OC(=O)N1CCC[C@H]1C[S-].[C-]#[O+].[C-]#[O+].[C-]#[O+].[C-]#[O+].[C-]#[O+].[C-]#[O+].[Fe].[Fe]. The van der Waals surface area contributed by atoms with Crippen molar-refractivity contribution in [1.29, 1.82) is 0 Å². The van der Waals surface area contributed by atoms with Gasteiger partial charge in [0.1, 0.15) is 5.60 Å². The predicted octanol–water partition coefficient (Wildman–Crippen LogP) is 2.37. The minimum atomic E-state index is -0.411. The normalized spacial score (nSPS) is 11.3. The van der Waals surface area contributed by atoms with Crippen LogP contribution >= 0.6 is 0 Å². The average molecular weight is 565 g/mol. The Labute approximate surface area is 222 Å². The monoisotopic (exact) mass is 565 g/mol. The van der Waals surface area contributed by atoms with Crippen molar-refractivity contribution < 1.29 is 76.4 Å². The fourth-order valence-corrected chi connectivity index (χ4v) is 1.98. The van der Waals surface area contributed by atoms with Crippen LogP contribution in [0.25, 0.3) is 0 Å². The molecule has 10 nitrogen and oxygen atoms in total. The summed E-state index contributed by atoms with van der Waals surface area (Å²) in [4.78, 5) is 22.6. The van der Waals surface area contributed by atoms with Crippen LogP contribution in [-0.4, -0.2) is 41.2 Å². The van der Waals surface area contributed by atoms with Crippen molar-refractivity contribution in [1.82, 2.24) is 4.90 Å². The number of allylic oxidation sites excluding steroid dienone is 2. The second-order valence-electron chi connectivity index (χ2n) is 5.25. The molecule has 1 heterocycles. The van der Waals surface area contributed by atoms with E-state index >= 15 is 0 Å². The van der Waals surface area contributed by atoms with Crippen molar-refractivity contribution >= 4 is 25.0 Å². The summed E-state index contributed by atoms with van der Waals surface area (Å²) in [7, 11) is 0. The van der Waals surface area contributed by atoms with Crippen molar-refractivity contribution in [2.75, 3.05) is 12.3 Å². The Kier molecular flexibility index (Phi) is 101. The Morgan fingerprint density at radius 2 is 1.36 bits per heavy atom. The first-order valence-electron chi connectivity index (χ1n) is 7.64. The number of nitrogens with zero attached hydrogens (tertiary/aromatic N) is 1. The third kappa shape index (κ3) is 53.6. The van der Waals surface area contributed by atoms with Gasteiger partial charge in [0.15, 0.2) is 0 Å². The van der Waals surface area contributed by atoms with Gasteiger partial charge in [-0.25, -0.2) is 10.9 Å². The van der Waals surface area contributed by atoms with Gasteiger partial charge in [0.05, 0.1) is 0 Å². The molecule has 1 atom stereocenters. The van der Waals surface area contributed by atoms with E-state index in [2.05, 4.69) is 39.9 Å². The van der Waals surface area contributed by atoms with Crippen LogP contribution < -0.4 is 0 Å². The molecule has 0 aliphatic carbocycles. The van der Waals surface area contributed by atoms with Gasteiger partial charge >= 0.3 is 73.9 Å². The molecule has 1 amide bonds. The van der Waals surface area contributed by atoms with Gasteiger partial charge in [-0.3, -0.25) is 0 Å². The largest absolute Gasteiger partial charge is 0 e. The van der Waals surface area contributed by atoms with Crippen LogP contribution in [0.4, 0.5) is 4.79 Å². The molecular weight excluding hydrogens is 542 g/mol. The van der Waals surface area contributed by atoms with Gasteiger partial charge < -0.3 is 27.1 Å². The van der Waals surface area contributed by atoms with Crippen LogP contribution in [0, 0.1) is 39.9 Å². The summed E-state index contributed by atoms with van der Waals surface area (Å²) >= 11 is 5.00. The Hall–Kier alpha value is -1.49. The maximum Gasteiger partial charge on any atom is 0 e. The molecular formula is C20H23Fe2NO9S-2. The second-order valence-corrected chi connectivity index (χ2v) is 5.59. The predicted molar refractivity (Wildman–Crippen MR) is 102 cm³/mol. The molecule has 186 valence electrons. The number of amides is 1. The zero-order valence-electron chi connectivity index (χ0n) is 18.3. The third-order valence-electron chi connectivity index (χ3n) is 2.43. The Morgan fingerprint density at radius 1 is 1.00 bits per heavy atom. The third-order valence-corrected chi connectivity index (χ3v) is 2.82. The van der Waals surface area contributed by atoms with E-state index < -0.39 is 5.60 Å².